The highest BCUT2D eigenvalue weighted by molar-refractivity contribution is 8.15. The molecular formula is C25H30N6O3S. The maximum absolute atomic E-state index is 12.7. The van der Waals surface area contributed by atoms with E-state index in [1.807, 2.05) is 6.20 Å². The largest absolute Gasteiger partial charge is 0.351 e. The zero-order valence-corrected chi connectivity index (χ0v) is 20.5. The number of carbonyl (C=O) groups is 3. The van der Waals surface area contributed by atoms with Crippen LogP contribution >= 0.6 is 11.8 Å². The Labute approximate surface area is 208 Å². The summed E-state index contributed by atoms with van der Waals surface area (Å²) in [4.78, 5) is 48.6. The highest BCUT2D eigenvalue weighted by Gasteiger charge is 2.33. The van der Waals surface area contributed by atoms with Crippen LogP contribution in [0.15, 0.2) is 35.5 Å². The van der Waals surface area contributed by atoms with Gasteiger partial charge in [-0.05, 0) is 50.3 Å². The Morgan fingerprint density at radius 2 is 1.91 bits per heavy atom. The molecule has 5 rings (SSSR count). The first-order valence-corrected chi connectivity index (χ1v) is 13.2. The molecule has 0 aliphatic carbocycles. The summed E-state index contributed by atoms with van der Waals surface area (Å²) >= 11 is 1.38. The molecule has 1 unspecified atom stereocenters. The van der Waals surface area contributed by atoms with E-state index in [9.17, 15) is 14.4 Å². The molecule has 0 spiro atoms. The molecule has 1 aromatic heterocycles. The van der Waals surface area contributed by atoms with Crippen LogP contribution in [0.2, 0.25) is 0 Å². The number of carbonyl (C=O) groups excluding carboxylic acids is 3. The molecule has 1 saturated heterocycles. The average Bonchev–Trinajstić information content (AvgIpc) is 3.46. The van der Waals surface area contributed by atoms with Crippen molar-refractivity contribution in [1.82, 2.24) is 19.8 Å². The molecule has 35 heavy (non-hydrogen) atoms. The van der Waals surface area contributed by atoms with Crippen molar-refractivity contribution in [2.75, 3.05) is 18.4 Å². The van der Waals surface area contributed by atoms with Crippen LogP contribution in [0.1, 0.15) is 60.4 Å². The third-order valence-corrected chi connectivity index (χ3v) is 7.74. The SMILES string of the molecule is O=C(CC1SC(N2CCCCC2)=NC1=O)Nc1cccc(C(=O)NCc2cn3c(n2)CCCC3)c1. The molecule has 1 aromatic carbocycles. The lowest BCUT2D eigenvalue weighted by atomic mass is 10.1. The van der Waals surface area contributed by atoms with Crippen molar-refractivity contribution < 1.29 is 14.4 Å². The Morgan fingerprint density at radius 1 is 1.09 bits per heavy atom. The van der Waals surface area contributed by atoms with Crippen LogP contribution in [-0.4, -0.2) is 55.7 Å². The number of aromatic nitrogens is 2. The Hall–Kier alpha value is -3.14. The number of benzene rings is 1. The first-order chi connectivity index (χ1) is 17.0. The van der Waals surface area contributed by atoms with Gasteiger partial charge in [0.05, 0.1) is 12.2 Å². The standard InChI is InChI=1S/C25H30N6O3S/c32-22(14-20-24(34)29-25(35-20)30-10-3-1-4-11-30)28-18-8-6-7-17(13-18)23(33)26-15-19-16-31-12-5-2-9-21(31)27-19/h6-8,13,16,20H,1-5,9-12,14-15H2,(H,26,33)(H,28,32). The van der Waals surface area contributed by atoms with Crippen molar-refractivity contribution in [2.45, 2.75) is 63.3 Å². The zero-order chi connectivity index (χ0) is 24.2. The number of fused-ring (bicyclic) bond motifs is 1. The van der Waals surface area contributed by atoms with E-state index in [0.717, 1.165) is 68.4 Å². The molecule has 3 amide bonds. The van der Waals surface area contributed by atoms with Crippen molar-refractivity contribution in [3.8, 4) is 0 Å². The number of rotatable bonds is 6. The molecule has 1 atom stereocenters. The molecule has 10 heteroatoms. The van der Waals surface area contributed by atoms with E-state index in [2.05, 4.69) is 30.1 Å². The summed E-state index contributed by atoms with van der Waals surface area (Å²) in [7, 11) is 0. The topological polar surface area (TPSA) is 109 Å². The molecule has 0 bridgehead atoms. The Kier molecular flexibility index (Phi) is 7.17. The van der Waals surface area contributed by atoms with Gasteiger partial charge in [0, 0.05) is 49.9 Å². The number of nitrogens with one attached hydrogen (secondary N) is 2. The predicted octanol–water partition coefficient (Wildman–Crippen LogP) is 2.96. The molecule has 9 nitrogen and oxygen atoms in total. The fraction of sp³-hybridized carbons (Fsp3) is 0.480. The lowest BCUT2D eigenvalue weighted by Gasteiger charge is -2.27. The second kappa shape index (κ2) is 10.6. The fourth-order valence-corrected chi connectivity index (χ4v) is 5.80. The first-order valence-electron chi connectivity index (χ1n) is 12.3. The number of hydrogen-bond acceptors (Lipinski definition) is 6. The molecule has 0 radical (unpaired) electrons. The van der Waals surface area contributed by atoms with Crippen molar-refractivity contribution in [3.05, 3.63) is 47.5 Å². The molecule has 3 aliphatic rings. The molecule has 2 N–H and O–H groups in total. The second-order valence-electron chi connectivity index (χ2n) is 9.20. The molecule has 0 saturated carbocycles. The number of imidazole rings is 1. The normalized spacial score (nSPS) is 19.8. The highest BCUT2D eigenvalue weighted by atomic mass is 32.2. The second-order valence-corrected chi connectivity index (χ2v) is 10.4. The van der Waals surface area contributed by atoms with E-state index in [0.29, 0.717) is 17.8 Å². The summed E-state index contributed by atoms with van der Waals surface area (Å²) in [5, 5.41) is 5.97. The quantitative estimate of drug-likeness (QED) is 0.639. The van der Waals surface area contributed by atoms with Gasteiger partial charge >= 0.3 is 0 Å². The number of amides is 3. The molecule has 2 aromatic rings. The number of aryl methyl sites for hydroxylation is 2. The van der Waals surface area contributed by atoms with Gasteiger partial charge in [-0.2, -0.15) is 4.99 Å². The van der Waals surface area contributed by atoms with Crippen LogP contribution in [-0.2, 0) is 29.1 Å². The molecule has 184 valence electrons. The van der Waals surface area contributed by atoms with Gasteiger partial charge in [0.25, 0.3) is 11.8 Å². The maximum atomic E-state index is 12.7. The minimum absolute atomic E-state index is 0.0474. The number of aliphatic imine (C=N–C) groups is 1. The van der Waals surface area contributed by atoms with Crippen LogP contribution in [0.25, 0.3) is 0 Å². The minimum Gasteiger partial charge on any atom is -0.351 e. The van der Waals surface area contributed by atoms with E-state index in [1.54, 1.807) is 24.3 Å². The van der Waals surface area contributed by atoms with E-state index in [4.69, 9.17) is 0 Å². The van der Waals surface area contributed by atoms with E-state index >= 15 is 0 Å². The van der Waals surface area contributed by atoms with Gasteiger partial charge in [-0.25, -0.2) is 4.98 Å². The molecular weight excluding hydrogens is 464 g/mol. The van der Waals surface area contributed by atoms with Gasteiger partial charge in [-0.1, -0.05) is 17.8 Å². The Balaban J connectivity index is 1.12. The van der Waals surface area contributed by atoms with Crippen molar-refractivity contribution in [1.29, 1.82) is 0 Å². The molecule has 4 heterocycles. The minimum atomic E-state index is -0.501. The number of amidine groups is 1. The summed E-state index contributed by atoms with van der Waals surface area (Å²) in [6, 6.07) is 6.81. The number of piperidine rings is 1. The Bertz CT molecular complexity index is 1130. The average molecular weight is 495 g/mol. The first kappa shape index (κ1) is 23.6. The van der Waals surface area contributed by atoms with Crippen molar-refractivity contribution in [3.63, 3.8) is 0 Å². The highest BCUT2D eigenvalue weighted by Crippen LogP contribution is 2.29. The maximum Gasteiger partial charge on any atom is 0.262 e. The summed E-state index contributed by atoms with van der Waals surface area (Å²) in [5.74, 6) is 0.331. The summed E-state index contributed by atoms with van der Waals surface area (Å²) < 4.78 is 2.16. The Morgan fingerprint density at radius 3 is 2.74 bits per heavy atom. The molecule has 1 fully saturated rings. The van der Waals surface area contributed by atoms with Gasteiger partial charge in [0.15, 0.2) is 5.17 Å². The van der Waals surface area contributed by atoms with Gasteiger partial charge in [0.1, 0.15) is 11.1 Å². The van der Waals surface area contributed by atoms with Gasteiger partial charge in [0.2, 0.25) is 5.91 Å². The third kappa shape index (κ3) is 5.75. The van der Waals surface area contributed by atoms with Crippen LogP contribution in [0, 0.1) is 0 Å². The smallest absolute Gasteiger partial charge is 0.262 e. The van der Waals surface area contributed by atoms with Crippen LogP contribution in [0.5, 0.6) is 0 Å². The van der Waals surface area contributed by atoms with Gasteiger partial charge < -0.3 is 20.1 Å². The third-order valence-electron chi connectivity index (χ3n) is 6.52. The van der Waals surface area contributed by atoms with Gasteiger partial charge in [-0.15, -0.1) is 0 Å². The lowest BCUT2D eigenvalue weighted by Crippen LogP contribution is -2.33. The van der Waals surface area contributed by atoms with Crippen molar-refractivity contribution in [2.24, 2.45) is 4.99 Å². The number of hydrogen-bond donors (Lipinski definition) is 2. The fourth-order valence-electron chi connectivity index (χ4n) is 4.68. The van der Waals surface area contributed by atoms with E-state index in [-0.39, 0.29) is 24.1 Å². The van der Waals surface area contributed by atoms with Crippen LogP contribution in [0.3, 0.4) is 0 Å². The molecule has 3 aliphatic heterocycles. The summed E-state index contributed by atoms with van der Waals surface area (Å²) in [6.07, 6.45) is 8.76. The number of anilines is 1. The lowest BCUT2D eigenvalue weighted by molar-refractivity contribution is -0.121. The summed E-state index contributed by atoms with van der Waals surface area (Å²) in [5.41, 5.74) is 1.83. The van der Waals surface area contributed by atoms with Crippen molar-refractivity contribution >= 4 is 40.3 Å². The number of nitrogens with zero attached hydrogens (tertiary/aromatic N) is 4. The summed E-state index contributed by atoms with van der Waals surface area (Å²) in [6.45, 7) is 3.16. The monoisotopic (exact) mass is 494 g/mol. The van der Waals surface area contributed by atoms with Crippen LogP contribution in [0.4, 0.5) is 5.69 Å². The van der Waals surface area contributed by atoms with E-state index in [1.165, 1.54) is 18.2 Å². The number of thioether (sulfide) groups is 1. The van der Waals surface area contributed by atoms with Gasteiger partial charge in [-0.3, -0.25) is 14.4 Å². The van der Waals surface area contributed by atoms with Crippen LogP contribution < -0.4 is 10.6 Å². The number of likely N-dealkylation sites (tertiary alicyclic amines) is 1. The predicted molar refractivity (Wildman–Crippen MR) is 135 cm³/mol. The zero-order valence-electron chi connectivity index (χ0n) is 19.7. The van der Waals surface area contributed by atoms with E-state index < -0.39 is 5.25 Å².